The molecule has 0 saturated heterocycles. The molecular formula is HNO2Rh. The smallest absolute Gasteiger partial charge is 0.00366 e. The van der Waals surface area contributed by atoms with E-state index in [1.54, 1.807) is 0 Å². The SMILES string of the molecule is O=[NH+][O-].[Rh]. The normalized spacial score (nSPS) is 3.00. The third-order valence-corrected chi connectivity index (χ3v) is 0. The van der Waals surface area contributed by atoms with Crippen molar-refractivity contribution in [3.8, 4) is 0 Å². The minimum atomic E-state index is 0. The first-order chi connectivity index (χ1) is 1.41. The second kappa shape index (κ2) is 11.8. The summed E-state index contributed by atoms with van der Waals surface area (Å²) in [6.07, 6.45) is 0. The molecule has 0 aromatic heterocycles. The van der Waals surface area contributed by atoms with Gasteiger partial charge in [-0.15, -0.1) is 0 Å². The number of hydrogen-bond donors (Lipinski definition) is 1. The second-order valence-electron chi connectivity index (χ2n) is 0.0833. The van der Waals surface area contributed by atoms with Gasteiger partial charge in [0.2, 0.25) is 0 Å². The molecule has 0 heterocycles. The van der Waals surface area contributed by atoms with Gasteiger partial charge in [-0.1, -0.05) is 0 Å². The summed E-state index contributed by atoms with van der Waals surface area (Å²) in [6.45, 7) is 0. The number of rotatable bonds is 0. The van der Waals surface area contributed by atoms with Crippen LogP contribution in [0.4, 0.5) is 0 Å². The van der Waals surface area contributed by atoms with Gasteiger partial charge < -0.3 is 0 Å². The molecule has 0 aliphatic rings. The number of hydrogen-bond acceptors (Lipinski definition) is 2. The summed E-state index contributed by atoms with van der Waals surface area (Å²) >= 11 is 0. The Balaban J connectivity index is 0. The fourth-order valence-electron chi connectivity index (χ4n) is 0. The molecule has 1 N–H and O–H groups in total. The van der Waals surface area contributed by atoms with Crippen LogP contribution in [0.25, 0.3) is 0 Å². The zero-order valence-electron chi connectivity index (χ0n) is 1.65. The van der Waals surface area contributed by atoms with Crippen LogP contribution in [-0.2, 0) is 19.5 Å². The van der Waals surface area contributed by atoms with E-state index in [-0.39, 0.29) is 24.8 Å². The van der Waals surface area contributed by atoms with E-state index in [9.17, 15) is 0 Å². The van der Waals surface area contributed by atoms with E-state index in [4.69, 9.17) is 10.1 Å². The molecule has 0 spiro atoms. The average Bonchev–Trinajstić information content (AvgIpc) is 0.918. The Morgan fingerprint density at radius 3 is 1.75 bits per heavy atom. The Morgan fingerprint density at radius 2 is 1.75 bits per heavy atom. The largest absolute Gasteiger partial charge is 0.267 e. The fourth-order valence-corrected chi connectivity index (χ4v) is 0. The van der Waals surface area contributed by atoms with E-state index in [1.165, 1.54) is 0 Å². The molecule has 0 bridgehead atoms. The van der Waals surface area contributed by atoms with Crippen molar-refractivity contribution in [3.63, 3.8) is 0 Å². The molecular weight excluding hydrogens is 149 g/mol. The summed E-state index contributed by atoms with van der Waals surface area (Å²) in [5.74, 6) is 0. The molecule has 0 amide bonds. The van der Waals surface area contributed by atoms with E-state index >= 15 is 0 Å². The van der Waals surface area contributed by atoms with Gasteiger partial charge in [-0.2, -0.15) is 0 Å². The van der Waals surface area contributed by atoms with Gasteiger partial charge in [0.05, 0.1) is 0 Å². The summed E-state index contributed by atoms with van der Waals surface area (Å²) in [4.78, 5) is 8.12. The van der Waals surface area contributed by atoms with Gasteiger partial charge in [-0.3, -0.25) is 10.1 Å². The van der Waals surface area contributed by atoms with Crippen LogP contribution in [0, 0.1) is 10.1 Å². The molecule has 4 heteroatoms. The van der Waals surface area contributed by atoms with Gasteiger partial charge in [-0.05, 0) is 0 Å². The van der Waals surface area contributed by atoms with E-state index in [0.29, 0.717) is 0 Å². The Hall–Kier alpha value is 0.0234. The first kappa shape index (κ1) is 8.98. The maximum atomic E-state index is 8.12. The molecule has 0 aliphatic heterocycles. The predicted molar refractivity (Wildman–Crippen MR) is 7.70 cm³/mol. The molecule has 0 rings (SSSR count). The van der Waals surface area contributed by atoms with Gasteiger partial charge in [0.25, 0.3) is 0 Å². The van der Waals surface area contributed by atoms with Crippen molar-refractivity contribution in [3.05, 3.63) is 10.1 Å². The topological polar surface area (TPSA) is 54.1 Å². The summed E-state index contributed by atoms with van der Waals surface area (Å²) in [5, 5.41) is 8.38. The van der Waals surface area contributed by atoms with Gasteiger partial charge in [-0.25, -0.2) is 0 Å². The molecule has 0 fully saturated rings. The molecule has 0 saturated carbocycles. The Morgan fingerprint density at radius 1 is 1.75 bits per heavy atom. The van der Waals surface area contributed by atoms with E-state index < -0.39 is 0 Å². The van der Waals surface area contributed by atoms with Crippen LogP contribution < -0.4 is 5.34 Å². The second-order valence-corrected chi connectivity index (χ2v) is 0.0833. The van der Waals surface area contributed by atoms with Crippen molar-refractivity contribution in [2.24, 2.45) is 0 Å². The Labute approximate surface area is 35.7 Å². The minimum absolute atomic E-state index is 0. The van der Waals surface area contributed by atoms with Crippen LogP contribution in [0.2, 0.25) is 0 Å². The third-order valence-electron chi connectivity index (χ3n) is 0. The standard InChI is InChI=1S/HNO2.Rh/c2-1-3;/h1H;. The first-order valence-corrected chi connectivity index (χ1v) is 0.408. The van der Waals surface area contributed by atoms with Crippen molar-refractivity contribution in [1.29, 1.82) is 0 Å². The van der Waals surface area contributed by atoms with Crippen molar-refractivity contribution >= 4 is 0 Å². The molecule has 0 aromatic carbocycles. The van der Waals surface area contributed by atoms with Crippen molar-refractivity contribution in [2.45, 2.75) is 0 Å². The predicted octanol–water partition coefficient (Wildman–Crippen LogP) is -1.67. The maximum Gasteiger partial charge on any atom is 0.00366 e. The molecule has 1 radical (unpaired) electrons. The summed E-state index contributed by atoms with van der Waals surface area (Å²) in [7, 11) is 0. The number of nitrogens with one attached hydrogen (secondary N) is 1. The first-order valence-electron chi connectivity index (χ1n) is 0.408. The third kappa shape index (κ3) is 3880. The van der Waals surface area contributed by atoms with Crippen molar-refractivity contribution in [1.82, 2.24) is 0 Å². The van der Waals surface area contributed by atoms with E-state index in [1.807, 2.05) is 0 Å². The molecule has 0 aliphatic carbocycles. The molecule has 0 unspecified atom stereocenters. The van der Waals surface area contributed by atoms with Gasteiger partial charge in [0, 0.05) is 24.8 Å². The summed E-state index contributed by atoms with van der Waals surface area (Å²) in [6, 6.07) is 0. The van der Waals surface area contributed by atoms with Crippen LogP contribution in [-0.4, -0.2) is 0 Å². The Bertz CT molecular complexity index is 13.5. The van der Waals surface area contributed by atoms with Crippen molar-refractivity contribution < 1.29 is 24.8 Å². The van der Waals surface area contributed by atoms with E-state index in [2.05, 4.69) is 0 Å². The van der Waals surface area contributed by atoms with E-state index in [0.717, 1.165) is 0 Å². The Kier molecular flexibility index (Phi) is 26.5. The van der Waals surface area contributed by atoms with Crippen LogP contribution in [0.15, 0.2) is 0 Å². The van der Waals surface area contributed by atoms with Crippen molar-refractivity contribution in [2.75, 3.05) is 0 Å². The minimum Gasteiger partial charge on any atom is -0.267 e. The molecule has 4 heavy (non-hydrogen) atoms. The fraction of sp³-hybridized carbons (Fsp3) is 0. The van der Waals surface area contributed by atoms with Gasteiger partial charge in [0.1, 0.15) is 0 Å². The monoisotopic (exact) mass is 150 g/mol. The zero-order valence-corrected chi connectivity index (χ0v) is 3.29. The zero-order chi connectivity index (χ0) is 2.71. The molecule has 27 valence electrons. The molecule has 3 nitrogen and oxygen atoms in total. The summed E-state index contributed by atoms with van der Waals surface area (Å²) in [5.41, 5.74) is 0. The van der Waals surface area contributed by atoms with Crippen LogP contribution in [0.1, 0.15) is 0 Å². The van der Waals surface area contributed by atoms with Gasteiger partial charge in [0.15, 0.2) is 0 Å². The van der Waals surface area contributed by atoms with Crippen LogP contribution in [0.5, 0.6) is 0 Å². The maximum absolute atomic E-state index is 8.12. The summed E-state index contributed by atoms with van der Waals surface area (Å²) < 4.78 is 0. The van der Waals surface area contributed by atoms with Crippen LogP contribution >= 0.6 is 0 Å². The molecule has 0 atom stereocenters. The van der Waals surface area contributed by atoms with Crippen LogP contribution in [0.3, 0.4) is 0 Å². The van der Waals surface area contributed by atoms with Gasteiger partial charge >= 0.3 is 0 Å². The average molecular weight is 150 g/mol. The molecule has 0 aromatic rings. The quantitative estimate of drug-likeness (QED) is 0.255.